The number of carbonyl (C=O) groups excluding carboxylic acids is 2. The molecule has 0 radical (unpaired) electrons. The normalized spacial score (nSPS) is 22.8. The summed E-state index contributed by atoms with van der Waals surface area (Å²) in [6.07, 6.45) is 2.91. The molecule has 1 N–H and O–H groups in total. The summed E-state index contributed by atoms with van der Waals surface area (Å²) < 4.78 is 0. The van der Waals surface area contributed by atoms with E-state index in [1.807, 2.05) is 11.8 Å². The zero-order valence-corrected chi connectivity index (χ0v) is 12.9. The monoisotopic (exact) mass is 292 g/mol. The Morgan fingerprint density at radius 1 is 1.29 bits per heavy atom. The summed E-state index contributed by atoms with van der Waals surface area (Å²) in [5.74, 6) is 0.290. The van der Waals surface area contributed by atoms with Crippen LogP contribution >= 0.6 is 0 Å². The fourth-order valence-electron chi connectivity index (χ4n) is 2.86. The third-order valence-corrected chi connectivity index (χ3v) is 4.43. The van der Waals surface area contributed by atoms with Crippen LogP contribution in [0.5, 0.6) is 0 Å². The molecule has 0 aromatic heterocycles. The Bertz CT molecular complexity index is 455. The summed E-state index contributed by atoms with van der Waals surface area (Å²) in [7, 11) is 0. The molecular weight excluding hydrogens is 268 g/mol. The minimum absolute atomic E-state index is 0.0899. The van der Waals surface area contributed by atoms with E-state index >= 15 is 0 Å². The maximum atomic E-state index is 12.2. The van der Waals surface area contributed by atoms with Gasteiger partial charge in [0.1, 0.15) is 5.54 Å². The van der Waals surface area contributed by atoms with E-state index in [1.54, 1.807) is 6.92 Å². The van der Waals surface area contributed by atoms with Gasteiger partial charge in [-0.3, -0.25) is 14.5 Å². The number of amides is 2. The van der Waals surface area contributed by atoms with Gasteiger partial charge in [0.2, 0.25) is 11.8 Å². The van der Waals surface area contributed by atoms with Gasteiger partial charge in [0.05, 0.1) is 12.6 Å². The molecule has 1 aliphatic carbocycles. The molecule has 21 heavy (non-hydrogen) atoms. The van der Waals surface area contributed by atoms with Crippen molar-refractivity contribution in [3.8, 4) is 6.07 Å². The molecule has 2 fully saturated rings. The summed E-state index contributed by atoms with van der Waals surface area (Å²) in [5, 5.41) is 12.2. The van der Waals surface area contributed by atoms with Crippen molar-refractivity contribution in [3.05, 3.63) is 0 Å². The summed E-state index contributed by atoms with van der Waals surface area (Å²) in [6, 6.07) is 2.24. The van der Waals surface area contributed by atoms with E-state index in [1.165, 1.54) is 0 Å². The molecule has 2 aliphatic rings. The summed E-state index contributed by atoms with van der Waals surface area (Å²) in [4.78, 5) is 27.4. The number of hydrogen-bond acceptors (Lipinski definition) is 4. The third kappa shape index (κ3) is 4.18. The van der Waals surface area contributed by atoms with Gasteiger partial charge in [0, 0.05) is 33.1 Å². The molecule has 6 nitrogen and oxygen atoms in total. The Kier molecular flexibility index (Phi) is 4.84. The van der Waals surface area contributed by atoms with Crippen molar-refractivity contribution in [3.63, 3.8) is 0 Å². The number of hydrogen-bond donors (Lipinski definition) is 1. The molecule has 1 aliphatic heterocycles. The highest BCUT2D eigenvalue weighted by molar-refractivity contribution is 5.79. The first-order valence-corrected chi connectivity index (χ1v) is 7.65. The molecule has 1 heterocycles. The average Bonchev–Trinajstić information content (AvgIpc) is 3.25. The van der Waals surface area contributed by atoms with Crippen LogP contribution in [0.15, 0.2) is 0 Å². The van der Waals surface area contributed by atoms with Gasteiger partial charge in [-0.15, -0.1) is 0 Å². The van der Waals surface area contributed by atoms with Crippen molar-refractivity contribution in [2.24, 2.45) is 5.92 Å². The Hall–Kier alpha value is -1.61. The Labute approximate surface area is 126 Å². The van der Waals surface area contributed by atoms with Gasteiger partial charge in [-0.05, 0) is 32.1 Å². The van der Waals surface area contributed by atoms with E-state index in [0.29, 0.717) is 25.6 Å². The first kappa shape index (κ1) is 15.8. The van der Waals surface area contributed by atoms with Crippen LogP contribution in [-0.4, -0.2) is 59.9 Å². The highest BCUT2D eigenvalue weighted by Crippen LogP contribution is 2.39. The van der Waals surface area contributed by atoms with E-state index in [4.69, 9.17) is 0 Å². The predicted molar refractivity (Wildman–Crippen MR) is 78.2 cm³/mol. The lowest BCUT2D eigenvalue weighted by atomic mass is 9.98. The zero-order chi connectivity index (χ0) is 15.5. The minimum Gasteiger partial charge on any atom is -0.342 e. The van der Waals surface area contributed by atoms with Gasteiger partial charge in [0.15, 0.2) is 0 Å². The lowest BCUT2D eigenvalue weighted by Crippen LogP contribution is -2.50. The Balaban J connectivity index is 1.82. The van der Waals surface area contributed by atoms with Crippen molar-refractivity contribution in [1.82, 2.24) is 15.1 Å². The molecule has 1 unspecified atom stereocenters. The van der Waals surface area contributed by atoms with Gasteiger partial charge in [0.25, 0.3) is 0 Å². The quantitative estimate of drug-likeness (QED) is 0.811. The maximum Gasteiger partial charge on any atom is 0.235 e. The molecule has 0 aromatic rings. The molecule has 1 saturated carbocycles. The molecule has 6 heteroatoms. The van der Waals surface area contributed by atoms with E-state index in [0.717, 1.165) is 32.4 Å². The zero-order valence-electron chi connectivity index (χ0n) is 12.9. The molecule has 2 rings (SSSR count). The third-order valence-electron chi connectivity index (χ3n) is 4.43. The van der Waals surface area contributed by atoms with Gasteiger partial charge in [-0.25, -0.2) is 0 Å². The second-order valence-electron chi connectivity index (χ2n) is 6.27. The van der Waals surface area contributed by atoms with Crippen LogP contribution in [0.1, 0.15) is 33.1 Å². The van der Waals surface area contributed by atoms with Crippen molar-refractivity contribution in [1.29, 1.82) is 5.26 Å². The second kappa shape index (κ2) is 6.44. The average molecular weight is 292 g/mol. The smallest absolute Gasteiger partial charge is 0.235 e. The van der Waals surface area contributed by atoms with Crippen LogP contribution in [0.2, 0.25) is 0 Å². The van der Waals surface area contributed by atoms with Crippen LogP contribution in [0.25, 0.3) is 0 Å². The predicted octanol–water partition coefficient (Wildman–Crippen LogP) is 0.349. The molecule has 1 atom stereocenters. The molecule has 0 bridgehead atoms. The lowest BCUT2D eigenvalue weighted by Gasteiger charge is -2.26. The maximum absolute atomic E-state index is 12.2. The van der Waals surface area contributed by atoms with Crippen LogP contribution in [0.3, 0.4) is 0 Å². The SMILES string of the molecule is CC(=O)N1CCCN(CC(=O)NC(C)(C#N)C2CC2)CC1. The molecule has 2 amide bonds. The highest BCUT2D eigenvalue weighted by atomic mass is 16.2. The van der Waals surface area contributed by atoms with Crippen molar-refractivity contribution in [2.75, 3.05) is 32.7 Å². The molecule has 0 spiro atoms. The van der Waals surface area contributed by atoms with E-state index in [-0.39, 0.29) is 11.8 Å². The fraction of sp³-hybridized carbons (Fsp3) is 0.800. The van der Waals surface area contributed by atoms with Crippen LogP contribution in [0, 0.1) is 17.2 Å². The number of nitriles is 1. The molecule has 1 saturated heterocycles. The first-order chi connectivity index (χ1) is 9.94. The van der Waals surface area contributed by atoms with Gasteiger partial charge in [-0.2, -0.15) is 5.26 Å². The number of nitrogens with zero attached hydrogens (tertiary/aromatic N) is 3. The van der Waals surface area contributed by atoms with Crippen molar-refractivity contribution in [2.45, 2.75) is 38.6 Å². The second-order valence-corrected chi connectivity index (χ2v) is 6.27. The lowest BCUT2D eigenvalue weighted by molar-refractivity contribution is -0.128. The van der Waals surface area contributed by atoms with Gasteiger partial charge < -0.3 is 10.2 Å². The molecular formula is C15H24N4O2. The fourth-order valence-corrected chi connectivity index (χ4v) is 2.86. The van der Waals surface area contributed by atoms with Crippen LogP contribution in [0.4, 0.5) is 0 Å². The highest BCUT2D eigenvalue weighted by Gasteiger charge is 2.43. The van der Waals surface area contributed by atoms with Crippen molar-refractivity contribution >= 4 is 11.8 Å². The largest absolute Gasteiger partial charge is 0.342 e. The number of carbonyl (C=O) groups is 2. The molecule has 0 aromatic carbocycles. The van der Waals surface area contributed by atoms with E-state index in [9.17, 15) is 14.9 Å². The van der Waals surface area contributed by atoms with Gasteiger partial charge >= 0.3 is 0 Å². The van der Waals surface area contributed by atoms with E-state index in [2.05, 4.69) is 16.3 Å². The Morgan fingerprint density at radius 3 is 2.57 bits per heavy atom. The number of nitrogens with one attached hydrogen (secondary N) is 1. The first-order valence-electron chi connectivity index (χ1n) is 7.65. The van der Waals surface area contributed by atoms with Crippen molar-refractivity contribution < 1.29 is 9.59 Å². The molecule has 116 valence electrons. The number of rotatable bonds is 4. The minimum atomic E-state index is -0.728. The van der Waals surface area contributed by atoms with Crippen LogP contribution in [-0.2, 0) is 9.59 Å². The topological polar surface area (TPSA) is 76.4 Å². The summed E-state index contributed by atoms with van der Waals surface area (Å²) in [5.41, 5.74) is -0.728. The van der Waals surface area contributed by atoms with E-state index < -0.39 is 5.54 Å². The Morgan fingerprint density at radius 2 is 2.00 bits per heavy atom. The standard InChI is InChI=1S/C15H24N4O2/c1-12(20)19-7-3-6-18(8-9-19)10-14(21)17-15(2,11-16)13-4-5-13/h13H,3-10H2,1-2H3,(H,17,21). The summed E-state index contributed by atoms with van der Waals surface area (Å²) >= 11 is 0. The summed E-state index contributed by atoms with van der Waals surface area (Å²) in [6.45, 7) is 6.63. The van der Waals surface area contributed by atoms with Crippen LogP contribution < -0.4 is 5.32 Å². The van der Waals surface area contributed by atoms with Gasteiger partial charge in [-0.1, -0.05) is 0 Å².